The summed E-state index contributed by atoms with van der Waals surface area (Å²) in [6.45, 7) is 12.3. The third-order valence-electron chi connectivity index (χ3n) is 6.85. The number of hydrogen-bond donors (Lipinski definition) is 2. The fourth-order valence-corrected chi connectivity index (χ4v) is 4.64. The summed E-state index contributed by atoms with van der Waals surface area (Å²) in [6, 6.07) is 9.41. The summed E-state index contributed by atoms with van der Waals surface area (Å²) in [4.78, 5) is 8.19. The lowest BCUT2D eigenvalue weighted by Gasteiger charge is -2.24. The van der Waals surface area contributed by atoms with Crippen LogP contribution in [0.15, 0.2) is 49.4 Å². The molecule has 1 saturated carbocycles. The maximum atomic E-state index is 4.84. The summed E-state index contributed by atoms with van der Waals surface area (Å²) >= 11 is 0. The zero-order valence-corrected chi connectivity index (χ0v) is 22.3. The van der Waals surface area contributed by atoms with E-state index < -0.39 is 0 Å². The second kappa shape index (κ2) is 13.2. The van der Waals surface area contributed by atoms with Gasteiger partial charge in [0.2, 0.25) is 0 Å². The molecule has 1 aliphatic rings. The predicted octanol–water partition coefficient (Wildman–Crippen LogP) is 7.99. The molecule has 4 aromatic heterocycles. The maximum absolute atomic E-state index is 4.84. The van der Waals surface area contributed by atoms with Crippen molar-refractivity contribution >= 4 is 22.6 Å². The third-order valence-corrected chi connectivity index (χ3v) is 6.85. The van der Waals surface area contributed by atoms with Crippen molar-refractivity contribution in [1.29, 1.82) is 0 Å². The van der Waals surface area contributed by atoms with Crippen LogP contribution in [0.5, 0.6) is 0 Å². The molecule has 0 spiro atoms. The Morgan fingerprint density at radius 3 is 2.51 bits per heavy atom. The predicted molar refractivity (Wildman–Crippen MR) is 151 cm³/mol. The van der Waals surface area contributed by atoms with Gasteiger partial charge < -0.3 is 10.3 Å². The molecular weight excluding hydrogens is 430 g/mol. The van der Waals surface area contributed by atoms with E-state index in [0.717, 1.165) is 28.3 Å². The molecule has 0 amide bonds. The lowest BCUT2D eigenvalue weighted by atomic mass is 9.82. The molecule has 0 radical (unpaired) electrons. The van der Waals surface area contributed by atoms with E-state index in [0.29, 0.717) is 5.92 Å². The normalized spacial score (nSPS) is 13.2. The molecule has 4 heterocycles. The zero-order chi connectivity index (χ0) is 25.2. The minimum absolute atomic E-state index is 0.652. The van der Waals surface area contributed by atoms with Gasteiger partial charge in [-0.15, -0.1) is 0 Å². The number of rotatable bonds is 8. The van der Waals surface area contributed by atoms with Crippen molar-refractivity contribution in [1.82, 2.24) is 24.9 Å². The average Bonchev–Trinajstić information content (AvgIpc) is 3.47. The van der Waals surface area contributed by atoms with E-state index in [1.807, 2.05) is 36.8 Å². The Morgan fingerprint density at radius 2 is 1.91 bits per heavy atom. The third kappa shape index (κ3) is 6.21. The highest BCUT2D eigenvalue weighted by atomic mass is 15.2. The minimum Gasteiger partial charge on any atom is -0.346 e. The van der Waals surface area contributed by atoms with Gasteiger partial charge in [0.25, 0.3) is 0 Å². The van der Waals surface area contributed by atoms with Gasteiger partial charge in [0.05, 0.1) is 11.7 Å². The van der Waals surface area contributed by atoms with Crippen molar-refractivity contribution in [2.45, 2.75) is 84.6 Å². The van der Waals surface area contributed by atoms with Crippen LogP contribution >= 0.6 is 0 Å². The Balaban J connectivity index is 0.000000267. The monoisotopic (exact) mass is 473 g/mol. The van der Waals surface area contributed by atoms with Crippen LogP contribution in [0.2, 0.25) is 0 Å². The molecule has 4 aromatic rings. The van der Waals surface area contributed by atoms with Gasteiger partial charge in [-0.05, 0) is 62.6 Å². The van der Waals surface area contributed by atoms with Crippen LogP contribution in [0.1, 0.15) is 89.8 Å². The maximum Gasteiger partial charge on any atom is 0.138 e. The fourth-order valence-electron chi connectivity index (χ4n) is 4.64. The van der Waals surface area contributed by atoms with E-state index in [1.54, 1.807) is 0 Å². The highest BCUT2D eigenvalue weighted by Crippen LogP contribution is 2.37. The molecule has 0 atom stereocenters. The number of H-pyrrole nitrogens is 1. The Bertz CT molecular complexity index is 1190. The summed E-state index contributed by atoms with van der Waals surface area (Å²) in [6.07, 6.45) is 16.8. The molecule has 188 valence electrons. The highest BCUT2D eigenvalue weighted by molar-refractivity contribution is 5.94. The second-order valence-electron chi connectivity index (χ2n) is 9.07. The highest BCUT2D eigenvalue weighted by Gasteiger charge is 2.21. The average molecular weight is 474 g/mol. The van der Waals surface area contributed by atoms with Crippen LogP contribution < -0.4 is 5.32 Å². The molecule has 5 rings (SSSR count). The van der Waals surface area contributed by atoms with E-state index in [-0.39, 0.29) is 0 Å². The van der Waals surface area contributed by atoms with Crippen LogP contribution in [0, 0.1) is 0 Å². The molecule has 1 fully saturated rings. The number of aromatic amines is 1. The number of fused-ring (bicyclic) bond motifs is 2. The molecule has 2 N–H and O–H groups in total. The first-order chi connectivity index (χ1) is 17.2. The van der Waals surface area contributed by atoms with Gasteiger partial charge in [-0.3, -0.25) is 0 Å². The van der Waals surface area contributed by atoms with Crippen LogP contribution in [-0.2, 0) is 0 Å². The number of nitrogens with one attached hydrogen (secondary N) is 2. The molecule has 0 aliphatic heterocycles. The van der Waals surface area contributed by atoms with E-state index >= 15 is 0 Å². The number of nitrogens with zero attached hydrogens (tertiary/aromatic N) is 3. The summed E-state index contributed by atoms with van der Waals surface area (Å²) in [5.74, 6) is 0.652. The smallest absolute Gasteiger partial charge is 0.138 e. The van der Waals surface area contributed by atoms with E-state index in [9.17, 15) is 0 Å². The van der Waals surface area contributed by atoms with Gasteiger partial charge in [-0.25, -0.2) is 9.50 Å². The van der Waals surface area contributed by atoms with E-state index in [2.05, 4.69) is 73.3 Å². The van der Waals surface area contributed by atoms with E-state index in [4.69, 9.17) is 4.98 Å². The molecule has 35 heavy (non-hydrogen) atoms. The molecular formula is C30H43N5. The zero-order valence-electron chi connectivity index (χ0n) is 22.3. The van der Waals surface area contributed by atoms with Crippen molar-refractivity contribution in [3.63, 3.8) is 0 Å². The van der Waals surface area contributed by atoms with Crippen molar-refractivity contribution in [3.05, 3.63) is 60.7 Å². The number of aromatic nitrogens is 4. The molecule has 1 aliphatic carbocycles. The van der Waals surface area contributed by atoms with Crippen molar-refractivity contribution in [3.8, 4) is 11.1 Å². The first kappa shape index (κ1) is 26.7. The lowest BCUT2D eigenvalue weighted by Crippen LogP contribution is -2.24. The van der Waals surface area contributed by atoms with Crippen LogP contribution in [0.3, 0.4) is 0 Å². The van der Waals surface area contributed by atoms with Gasteiger partial charge in [-0.1, -0.05) is 59.6 Å². The topological polar surface area (TPSA) is 58.0 Å². The molecule has 0 saturated heterocycles. The van der Waals surface area contributed by atoms with E-state index in [1.165, 1.54) is 61.6 Å². The van der Waals surface area contributed by atoms with Gasteiger partial charge in [-0.2, -0.15) is 5.10 Å². The molecule has 0 bridgehead atoms. The largest absolute Gasteiger partial charge is 0.346 e. The Hall–Kier alpha value is -2.92. The SMILES string of the molecule is C=Cc1cnn2ccc(-c3c[nH]c4nc(C5CCC5)ccc34)cc12.CC.CCCC(CCC)NC. The van der Waals surface area contributed by atoms with Crippen LogP contribution in [0.25, 0.3) is 33.8 Å². The van der Waals surface area contributed by atoms with Gasteiger partial charge in [0, 0.05) is 46.6 Å². The van der Waals surface area contributed by atoms with Crippen LogP contribution in [0.4, 0.5) is 0 Å². The Morgan fingerprint density at radius 1 is 1.17 bits per heavy atom. The number of hydrogen-bond acceptors (Lipinski definition) is 3. The van der Waals surface area contributed by atoms with Crippen molar-refractivity contribution in [2.75, 3.05) is 7.05 Å². The summed E-state index contributed by atoms with van der Waals surface area (Å²) < 4.78 is 1.88. The first-order valence-corrected chi connectivity index (χ1v) is 13.4. The van der Waals surface area contributed by atoms with Crippen molar-refractivity contribution in [2.24, 2.45) is 0 Å². The van der Waals surface area contributed by atoms with Gasteiger partial charge in [0.15, 0.2) is 0 Å². The lowest BCUT2D eigenvalue weighted by molar-refractivity contribution is 0.412. The van der Waals surface area contributed by atoms with Gasteiger partial charge >= 0.3 is 0 Å². The van der Waals surface area contributed by atoms with Gasteiger partial charge in [0.1, 0.15) is 5.65 Å². The summed E-state index contributed by atoms with van der Waals surface area (Å²) in [5.41, 5.74) is 6.65. The minimum atomic E-state index is 0.652. The molecule has 5 nitrogen and oxygen atoms in total. The van der Waals surface area contributed by atoms with Crippen molar-refractivity contribution < 1.29 is 0 Å². The standard InChI is InChI=1S/C20H18N4.C8H19N.C2H6/c1-2-13-11-22-24-9-8-15(10-19(13)24)17-12-21-20-16(17)6-7-18(23-20)14-4-3-5-14;1-4-6-8(9-3)7-5-2;1-2/h2,6-12,14H,1,3-5H2,(H,21,23);8-9H,4-7H2,1-3H3;1-2H3. The summed E-state index contributed by atoms with van der Waals surface area (Å²) in [7, 11) is 2.05. The molecule has 0 unspecified atom stereocenters. The first-order valence-electron chi connectivity index (χ1n) is 13.4. The quantitative estimate of drug-likeness (QED) is 0.273. The molecule has 5 heteroatoms. The summed E-state index contributed by atoms with van der Waals surface area (Å²) in [5, 5.41) is 8.82. The Kier molecular flexibility index (Phi) is 10.1. The Labute approximate surface area is 211 Å². The number of pyridine rings is 2. The second-order valence-corrected chi connectivity index (χ2v) is 9.07. The fraction of sp³-hybridized carbons (Fsp3) is 0.467. The molecule has 0 aromatic carbocycles. The van der Waals surface area contributed by atoms with Crippen LogP contribution in [-0.4, -0.2) is 32.7 Å².